The van der Waals surface area contributed by atoms with Gasteiger partial charge >= 0.3 is 6.09 Å². The number of ether oxygens (including phenoxy) is 4. The normalized spacial score (nSPS) is 12.5. The smallest absolute Gasteiger partial charge is 0.407 e. The zero-order valence-electron chi connectivity index (χ0n) is 37.4. The number of nitrogen functional groups attached to an aromatic ring is 1. The van der Waals surface area contributed by atoms with Crippen LogP contribution in [0.4, 0.5) is 9.93 Å². The van der Waals surface area contributed by atoms with Crippen molar-refractivity contribution in [2.24, 2.45) is 0 Å². The number of carbonyl (C=O) groups excluding carboxylic acids is 1. The van der Waals surface area contributed by atoms with Crippen LogP contribution in [-0.2, 0) is 44.2 Å². The number of rotatable bonds is 17. The SMILES string of the molecule is COc1ccc(CN(Cc2ccc(OC)cc2)S(=O)(=O)c2c(S(=O)(=O)CC(C)NC(=O)OC(C)(C)C)ccc(-c3cccc4sc(N)nc34)c2-c2nnn(Cc3ccc(OC)cc3)n2)cc1. The number of methoxy groups -OCH3 is 3. The second-order valence-electron chi connectivity index (χ2n) is 16.3. The quantitative estimate of drug-likeness (QED) is 0.0912. The Kier molecular flexibility index (Phi) is 14.0. The molecule has 2 heterocycles. The largest absolute Gasteiger partial charge is 0.497 e. The minimum Gasteiger partial charge on any atom is -0.497 e. The Balaban J connectivity index is 1.49. The molecule has 66 heavy (non-hydrogen) atoms. The Hall–Kier alpha value is -6.61. The van der Waals surface area contributed by atoms with Crippen molar-refractivity contribution in [1.82, 2.24) is 34.8 Å². The molecule has 0 radical (unpaired) electrons. The van der Waals surface area contributed by atoms with Gasteiger partial charge in [-0.1, -0.05) is 65.9 Å². The van der Waals surface area contributed by atoms with E-state index in [0.717, 1.165) is 5.56 Å². The molecule has 20 heteroatoms. The van der Waals surface area contributed by atoms with Gasteiger partial charge < -0.3 is 30.0 Å². The fourth-order valence-corrected chi connectivity index (χ4v) is 11.9. The predicted molar refractivity (Wildman–Crippen MR) is 252 cm³/mol. The first-order valence-corrected chi connectivity index (χ1v) is 24.5. The van der Waals surface area contributed by atoms with Gasteiger partial charge in [-0.25, -0.2) is 26.6 Å². The number of amides is 1. The van der Waals surface area contributed by atoms with Crippen molar-refractivity contribution < 1.29 is 40.6 Å². The summed E-state index contributed by atoms with van der Waals surface area (Å²) in [6, 6.07) is 28.1. The maximum Gasteiger partial charge on any atom is 0.407 e. The van der Waals surface area contributed by atoms with Gasteiger partial charge in [-0.2, -0.15) is 9.10 Å². The third-order valence-electron chi connectivity index (χ3n) is 10.2. The molecule has 17 nitrogen and oxygen atoms in total. The summed E-state index contributed by atoms with van der Waals surface area (Å²) in [4.78, 5) is 17.6. The number of benzene rings is 5. The van der Waals surface area contributed by atoms with Crippen LogP contribution in [0.25, 0.3) is 32.7 Å². The number of sulfonamides is 1. The maximum atomic E-state index is 16.1. The van der Waals surface area contributed by atoms with Gasteiger partial charge in [0, 0.05) is 24.7 Å². The minimum atomic E-state index is -4.93. The van der Waals surface area contributed by atoms with E-state index < -0.39 is 53.1 Å². The average molecular weight is 955 g/mol. The van der Waals surface area contributed by atoms with Gasteiger partial charge in [0.2, 0.25) is 15.8 Å². The summed E-state index contributed by atoms with van der Waals surface area (Å²) in [5.41, 5.74) is 8.31. The third-order valence-corrected chi connectivity index (χ3v) is 15.0. The van der Waals surface area contributed by atoms with Crippen molar-refractivity contribution in [2.75, 3.05) is 32.8 Å². The number of sulfone groups is 1. The molecule has 3 N–H and O–H groups in total. The van der Waals surface area contributed by atoms with Gasteiger partial charge in [0.05, 0.1) is 54.3 Å². The summed E-state index contributed by atoms with van der Waals surface area (Å²) >= 11 is 1.24. The highest BCUT2D eigenvalue weighted by atomic mass is 32.2. The Morgan fingerprint density at radius 1 is 0.788 bits per heavy atom. The number of nitrogens with one attached hydrogen (secondary N) is 1. The standard InChI is InChI=1S/C46H50N8O9S3/c1-29(48-45(55)63-46(2,3)4)28-65(56,57)39-24-23-36(37-9-8-10-38-41(37)49-44(47)64-38)40(43-50-52-54(51-43)27-32-15-21-35(62-7)22-16-32)42(39)66(58,59)53(25-30-11-17-33(60-5)18-12-30)26-31-13-19-34(61-6)20-14-31/h8-24,29H,25-28H2,1-7H3,(H2,47,49)(H,48,55). The lowest BCUT2D eigenvalue weighted by atomic mass is 9.98. The van der Waals surface area contributed by atoms with Gasteiger partial charge in [0.25, 0.3) is 0 Å². The van der Waals surface area contributed by atoms with Crippen LogP contribution in [0.5, 0.6) is 17.2 Å². The van der Waals surface area contributed by atoms with Crippen LogP contribution < -0.4 is 25.3 Å². The highest BCUT2D eigenvalue weighted by molar-refractivity contribution is 7.93. The number of nitrogens with two attached hydrogens (primary N) is 1. The number of carbonyl (C=O) groups is 1. The van der Waals surface area contributed by atoms with Crippen molar-refractivity contribution in [3.05, 3.63) is 120 Å². The van der Waals surface area contributed by atoms with E-state index in [1.54, 1.807) is 101 Å². The minimum absolute atomic E-state index is 0.125. The van der Waals surface area contributed by atoms with Crippen molar-refractivity contribution in [1.29, 1.82) is 0 Å². The Bertz CT molecular complexity index is 3010. The topological polar surface area (TPSA) is 220 Å². The number of fused-ring (bicyclic) bond motifs is 1. The van der Waals surface area contributed by atoms with Crippen molar-refractivity contribution >= 4 is 52.6 Å². The molecule has 0 aliphatic heterocycles. The highest BCUT2D eigenvalue weighted by Crippen LogP contribution is 2.44. The average Bonchev–Trinajstić information content (AvgIpc) is 3.91. The fraction of sp³-hybridized carbons (Fsp3) is 0.283. The van der Waals surface area contributed by atoms with E-state index in [4.69, 9.17) is 29.8 Å². The number of anilines is 1. The predicted octanol–water partition coefficient (Wildman–Crippen LogP) is 7.35. The number of para-hydroxylation sites is 1. The number of aromatic nitrogens is 5. The number of hydrogen-bond donors (Lipinski definition) is 2. The van der Waals surface area contributed by atoms with E-state index in [-0.39, 0.29) is 41.7 Å². The lowest BCUT2D eigenvalue weighted by Gasteiger charge is -2.27. The van der Waals surface area contributed by atoms with Crippen molar-refractivity contribution in [2.45, 2.75) is 68.8 Å². The van der Waals surface area contributed by atoms with Crippen molar-refractivity contribution in [3.8, 4) is 39.8 Å². The molecule has 0 saturated heterocycles. The molecule has 1 amide bonds. The molecule has 0 spiro atoms. The van der Waals surface area contributed by atoms with Crippen LogP contribution in [0.15, 0.2) is 113 Å². The van der Waals surface area contributed by atoms with Gasteiger partial charge in [-0.3, -0.25) is 0 Å². The summed E-state index contributed by atoms with van der Waals surface area (Å²) in [7, 11) is -4.94. The monoisotopic (exact) mass is 954 g/mol. The first-order chi connectivity index (χ1) is 31.4. The summed E-state index contributed by atoms with van der Waals surface area (Å²) in [5, 5.41) is 16.3. The van der Waals surface area contributed by atoms with E-state index in [9.17, 15) is 4.79 Å². The molecular weight excluding hydrogens is 905 g/mol. The molecule has 0 aliphatic carbocycles. The van der Waals surface area contributed by atoms with Crippen LogP contribution in [0.2, 0.25) is 0 Å². The Morgan fingerprint density at radius 2 is 1.35 bits per heavy atom. The summed E-state index contributed by atoms with van der Waals surface area (Å²) < 4.78 is 85.5. The second-order valence-corrected chi connectivity index (χ2v) is 21.2. The van der Waals surface area contributed by atoms with Crippen molar-refractivity contribution in [3.63, 3.8) is 0 Å². The molecule has 5 aromatic carbocycles. The Labute approximate surface area is 387 Å². The van der Waals surface area contributed by atoms with Crippen LogP contribution in [0.1, 0.15) is 44.4 Å². The van der Waals surface area contributed by atoms with E-state index in [2.05, 4.69) is 20.6 Å². The molecule has 7 rings (SSSR count). The molecular formula is C46H50N8O9S3. The van der Waals surface area contributed by atoms with E-state index in [0.29, 0.717) is 44.2 Å². The third kappa shape index (κ3) is 10.9. The van der Waals surface area contributed by atoms with Gasteiger partial charge in [-0.05, 0) is 104 Å². The number of tetrazole rings is 1. The fourth-order valence-electron chi connectivity index (χ4n) is 7.19. The molecule has 2 aromatic heterocycles. The number of thiazole rings is 1. The van der Waals surface area contributed by atoms with Crippen LogP contribution in [0, 0.1) is 0 Å². The lowest BCUT2D eigenvalue weighted by Crippen LogP contribution is -2.41. The maximum absolute atomic E-state index is 16.1. The van der Waals surface area contributed by atoms with Gasteiger partial charge in [-0.15, -0.1) is 10.2 Å². The molecule has 0 aliphatic rings. The summed E-state index contributed by atoms with van der Waals surface area (Å²) in [5.74, 6) is 0.871. The Morgan fingerprint density at radius 3 is 1.89 bits per heavy atom. The zero-order valence-corrected chi connectivity index (χ0v) is 39.8. The molecule has 346 valence electrons. The number of hydrogen-bond acceptors (Lipinski definition) is 15. The highest BCUT2D eigenvalue weighted by Gasteiger charge is 2.39. The molecule has 0 saturated carbocycles. The zero-order chi connectivity index (χ0) is 47.4. The molecule has 1 unspecified atom stereocenters. The van der Waals surface area contributed by atoms with E-state index in [1.807, 2.05) is 18.2 Å². The number of nitrogens with zero attached hydrogens (tertiary/aromatic N) is 6. The molecule has 7 aromatic rings. The first-order valence-electron chi connectivity index (χ1n) is 20.6. The van der Waals surface area contributed by atoms with Gasteiger partial charge in [0.1, 0.15) is 27.7 Å². The van der Waals surface area contributed by atoms with E-state index >= 15 is 16.8 Å². The van der Waals surface area contributed by atoms with Crippen LogP contribution in [0.3, 0.4) is 0 Å². The summed E-state index contributed by atoms with van der Waals surface area (Å²) in [6.45, 7) is 6.25. The molecule has 0 fully saturated rings. The first kappa shape index (κ1) is 47.4. The lowest BCUT2D eigenvalue weighted by molar-refractivity contribution is 0.0513. The van der Waals surface area contributed by atoms with Crippen LogP contribution in [-0.4, -0.2) is 91.2 Å². The van der Waals surface area contributed by atoms with Gasteiger partial charge in [0.15, 0.2) is 15.0 Å². The van der Waals surface area contributed by atoms with Crippen LogP contribution >= 0.6 is 11.3 Å². The number of alkyl carbamates (subject to hydrolysis) is 1. The summed E-state index contributed by atoms with van der Waals surface area (Å²) in [6.07, 6.45) is -0.840. The molecule has 1 atom stereocenters. The second kappa shape index (κ2) is 19.5. The molecule has 0 bridgehead atoms. The van der Waals surface area contributed by atoms with E-state index in [1.165, 1.54) is 53.7 Å².